The van der Waals surface area contributed by atoms with Gasteiger partial charge in [-0.05, 0) is 12.0 Å². The molecular formula is C14H19N3O4. The molecule has 1 aliphatic heterocycles. The summed E-state index contributed by atoms with van der Waals surface area (Å²) in [7, 11) is 1.60. The number of carbonyl (C=O) groups excluding carboxylic acids is 2. The molecule has 1 aromatic carbocycles. The van der Waals surface area contributed by atoms with Crippen LogP contribution < -0.4 is 21.1 Å². The Morgan fingerprint density at radius 1 is 1.57 bits per heavy atom. The Hall–Kier alpha value is -2.28. The van der Waals surface area contributed by atoms with Crippen molar-refractivity contribution in [1.82, 2.24) is 0 Å². The van der Waals surface area contributed by atoms with E-state index in [0.29, 0.717) is 35.8 Å². The minimum Gasteiger partial charge on any atom is -0.482 e. The molecule has 1 unspecified atom stereocenters. The molecule has 0 fully saturated rings. The SMILES string of the molecule is COCC(C)CC(=O)Nc1cc2c(cc1N)OCC(=O)N2. The summed E-state index contributed by atoms with van der Waals surface area (Å²) in [5.41, 5.74) is 7.23. The highest BCUT2D eigenvalue weighted by Crippen LogP contribution is 2.35. The second kappa shape index (κ2) is 6.45. The average Bonchev–Trinajstić information content (AvgIpc) is 2.40. The minimum atomic E-state index is -0.238. The van der Waals surface area contributed by atoms with Gasteiger partial charge in [0.05, 0.1) is 17.1 Å². The summed E-state index contributed by atoms with van der Waals surface area (Å²) in [6.45, 7) is 2.40. The van der Waals surface area contributed by atoms with Gasteiger partial charge in [0.25, 0.3) is 5.91 Å². The second-order valence-electron chi connectivity index (χ2n) is 5.09. The first-order valence-corrected chi connectivity index (χ1v) is 6.64. The standard InChI is InChI=1S/C14H19N3O4/c1-8(6-20-2)3-13(18)16-10-5-11-12(4-9(10)15)21-7-14(19)17-11/h4-5,8H,3,6-7,15H2,1-2H3,(H,16,18)(H,17,19). The van der Waals surface area contributed by atoms with E-state index in [1.807, 2.05) is 6.92 Å². The van der Waals surface area contributed by atoms with Crippen LogP contribution in [0.4, 0.5) is 17.1 Å². The zero-order valence-corrected chi connectivity index (χ0v) is 12.1. The first-order chi connectivity index (χ1) is 9.99. The summed E-state index contributed by atoms with van der Waals surface area (Å²) in [5.74, 6) is 0.210. The van der Waals surface area contributed by atoms with E-state index in [2.05, 4.69) is 10.6 Å². The van der Waals surface area contributed by atoms with Crippen LogP contribution >= 0.6 is 0 Å². The quantitative estimate of drug-likeness (QED) is 0.708. The van der Waals surface area contributed by atoms with Gasteiger partial charge in [-0.1, -0.05) is 6.92 Å². The van der Waals surface area contributed by atoms with Gasteiger partial charge in [0, 0.05) is 26.2 Å². The number of nitrogens with one attached hydrogen (secondary N) is 2. The third kappa shape index (κ3) is 3.85. The van der Waals surface area contributed by atoms with Gasteiger partial charge in [-0.15, -0.1) is 0 Å². The third-order valence-electron chi connectivity index (χ3n) is 3.04. The van der Waals surface area contributed by atoms with Crippen molar-refractivity contribution in [2.45, 2.75) is 13.3 Å². The van der Waals surface area contributed by atoms with E-state index in [-0.39, 0.29) is 24.3 Å². The van der Waals surface area contributed by atoms with Crippen molar-refractivity contribution in [2.75, 3.05) is 36.7 Å². The predicted octanol–water partition coefficient (Wildman–Crippen LogP) is 1.21. The Morgan fingerprint density at radius 2 is 2.33 bits per heavy atom. The van der Waals surface area contributed by atoms with Gasteiger partial charge in [-0.2, -0.15) is 0 Å². The molecule has 0 bridgehead atoms. The lowest BCUT2D eigenvalue weighted by Gasteiger charge is -2.20. The summed E-state index contributed by atoms with van der Waals surface area (Å²) in [5, 5.41) is 5.41. The van der Waals surface area contributed by atoms with Crippen LogP contribution in [0.5, 0.6) is 5.75 Å². The third-order valence-corrected chi connectivity index (χ3v) is 3.04. The Morgan fingerprint density at radius 3 is 3.05 bits per heavy atom. The molecular weight excluding hydrogens is 274 g/mol. The lowest BCUT2D eigenvalue weighted by Crippen LogP contribution is -2.26. The van der Waals surface area contributed by atoms with Crippen molar-refractivity contribution in [3.05, 3.63) is 12.1 Å². The van der Waals surface area contributed by atoms with Gasteiger partial charge in [0.2, 0.25) is 5.91 Å². The number of hydrogen-bond donors (Lipinski definition) is 3. The maximum Gasteiger partial charge on any atom is 0.262 e. The molecule has 21 heavy (non-hydrogen) atoms. The van der Waals surface area contributed by atoms with Crippen LogP contribution in [0, 0.1) is 5.92 Å². The van der Waals surface area contributed by atoms with Crippen molar-refractivity contribution in [3.63, 3.8) is 0 Å². The van der Waals surface area contributed by atoms with Crippen molar-refractivity contribution < 1.29 is 19.1 Å². The highest BCUT2D eigenvalue weighted by atomic mass is 16.5. The maximum absolute atomic E-state index is 11.9. The maximum atomic E-state index is 11.9. The van der Waals surface area contributed by atoms with Crippen LogP contribution in [0.2, 0.25) is 0 Å². The van der Waals surface area contributed by atoms with Gasteiger partial charge in [-0.25, -0.2) is 0 Å². The summed E-state index contributed by atoms with van der Waals surface area (Å²) in [4.78, 5) is 23.2. The van der Waals surface area contributed by atoms with Crippen molar-refractivity contribution >= 4 is 28.9 Å². The molecule has 0 aliphatic carbocycles. The van der Waals surface area contributed by atoms with Crippen molar-refractivity contribution in [1.29, 1.82) is 0 Å². The molecule has 0 spiro atoms. The molecule has 1 atom stereocenters. The highest BCUT2D eigenvalue weighted by Gasteiger charge is 2.19. The van der Waals surface area contributed by atoms with Crippen LogP contribution in [-0.4, -0.2) is 32.1 Å². The van der Waals surface area contributed by atoms with Crippen LogP contribution in [0.15, 0.2) is 12.1 Å². The number of ether oxygens (including phenoxy) is 2. The Labute approximate surface area is 122 Å². The predicted molar refractivity (Wildman–Crippen MR) is 79.3 cm³/mol. The smallest absolute Gasteiger partial charge is 0.262 e. The molecule has 7 nitrogen and oxygen atoms in total. The van der Waals surface area contributed by atoms with E-state index in [9.17, 15) is 9.59 Å². The Kier molecular flexibility index (Phi) is 4.64. The summed E-state index contributed by atoms with van der Waals surface area (Å²) in [6, 6.07) is 3.18. The van der Waals surface area contributed by atoms with Crippen LogP contribution in [0.25, 0.3) is 0 Å². The zero-order chi connectivity index (χ0) is 15.4. The first kappa shape index (κ1) is 15.1. The van der Waals surface area contributed by atoms with Gasteiger partial charge < -0.3 is 25.8 Å². The largest absolute Gasteiger partial charge is 0.482 e. The number of nitrogen functional groups attached to an aromatic ring is 1. The number of methoxy groups -OCH3 is 1. The highest BCUT2D eigenvalue weighted by molar-refractivity contribution is 6.00. The monoisotopic (exact) mass is 293 g/mol. The fourth-order valence-corrected chi connectivity index (χ4v) is 2.11. The number of hydrogen-bond acceptors (Lipinski definition) is 5. The van der Waals surface area contributed by atoms with Crippen LogP contribution in [-0.2, 0) is 14.3 Å². The number of fused-ring (bicyclic) bond motifs is 1. The van der Waals surface area contributed by atoms with Crippen molar-refractivity contribution in [3.8, 4) is 5.75 Å². The Bertz CT molecular complexity index is 559. The molecule has 7 heteroatoms. The molecule has 0 saturated carbocycles. The van der Waals surface area contributed by atoms with Crippen molar-refractivity contribution in [2.24, 2.45) is 5.92 Å². The number of anilines is 3. The van der Waals surface area contributed by atoms with E-state index in [4.69, 9.17) is 15.2 Å². The fourth-order valence-electron chi connectivity index (χ4n) is 2.11. The molecule has 1 aromatic rings. The van der Waals surface area contributed by atoms with E-state index < -0.39 is 0 Å². The number of amides is 2. The van der Waals surface area contributed by atoms with Gasteiger partial charge >= 0.3 is 0 Å². The van der Waals surface area contributed by atoms with E-state index in [0.717, 1.165) is 0 Å². The van der Waals surface area contributed by atoms with E-state index in [1.54, 1.807) is 19.2 Å². The first-order valence-electron chi connectivity index (χ1n) is 6.64. The van der Waals surface area contributed by atoms with E-state index in [1.165, 1.54) is 0 Å². The number of nitrogens with two attached hydrogens (primary N) is 1. The molecule has 2 amide bonds. The molecule has 114 valence electrons. The van der Waals surface area contributed by atoms with Gasteiger partial charge in [-0.3, -0.25) is 9.59 Å². The van der Waals surface area contributed by atoms with Gasteiger partial charge in [0.1, 0.15) is 5.75 Å². The number of carbonyl (C=O) groups is 2. The Balaban J connectivity index is 2.08. The minimum absolute atomic E-state index is 0.0350. The second-order valence-corrected chi connectivity index (χ2v) is 5.09. The average molecular weight is 293 g/mol. The molecule has 1 aliphatic rings. The summed E-state index contributed by atoms with van der Waals surface area (Å²) in [6.07, 6.45) is 0.327. The number of rotatable bonds is 5. The molecule has 0 saturated heterocycles. The van der Waals surface area contributed by atoms with Crippen LogP contribution in [0.3, 0.4) is 0 Å². The molecule has 4 N–H and O–H groups in total. The van der Waals surface area contributed by atoms with E-state index >= 15 is 0 Å². The normalized spacial score (nSPS) is 14.7. The molecule has 0 radical (unpaired) electrons. The zero-order valence-electron chi connectivity index (χ0n) is 12.1. The molecule has 0 aromatic heterocycles. The number of benzene rings is 1. The fraction of sp³-hybridized carbons (Fsp3) is 0.429. The summed E-state index contributed by atoms with van der Waals surface area (Å²) < 4.78 is 10.2. The molecule has 2 rings (SSSR count). The molecule has 1 heterocycles. The topological polar surface area (TPSA) is 103 Å². The lowest BCUT2D eigenvalue weighted by molar-refractivity contribution is -0.118. The van der Waals surface area contributed by atoms with Crippen LogP contribution in [0.1, 0.15) is 13.3 Å². The lowest BCUT2D eigenvalue weighted by atomic mass is 10.1. The van der Waals surface area contributed by atoms with Gasteiger partial charge in [0.15, 0.2) is 6.61 Å². The summed E-state index contributed by atoms with van der Waals surface area (Å²) >= 11 is 0.